The Kier molecular flexibility index (Phi) is 4.95. The van der Waals surface area contributed by atoms with Crippen molar-refractivity contribution >= 4 is 40.6 Å². The summed E-state index contributed by atoms with van der Waals surface area (Å²) in [6.07, 6.45) is -5.07. The summed E-state index contributed by atoms with van der Waals surface area (Å²) in [7, 11) is 0. The Bertz CT molecular complexity index is 1080. The fourth-order valence-corrected chi connectivity index (χ4v) is 4.77. The lowest BCUT2D eigenvalue weighted by atomic mass is 9.73. The molecule has 2 aromatic rings. The molecule has 0 radical (unpaired) electrons. The highest BCUT2D eigenvalue weighted by Gasteiger charge is 2.60. The van der Waals surface area contributed by atoms with E-state index in [-0.39, 0.29) is 31.0 Å². The van der Waals surface area contributed by atoms with Crippen LogP contribution in [0.2, 0.25) is 0 Å². The Balaban J connectivity index is 2.08. The van der Waals surface area contributed by atoms with Gasteiger partial charge in [0, 0.05) is 30.1 Å². The maximum Gasteiger partial charge on any atom is 0.471 e. The predicted molar refractivity (Wildman–Crippen MR) is 108 cm³/mol. The topological polar surface area (TPSA) is 61.8 Å². The Morgan fingerprint density at radius 3 is 2.63 bits per heavy atom. The van der Waals surface area contributed by atoms with E-state index in [1.54, 1.807) is 42.5 Å². The molecule has 1 N–H and O–H groups in total. The predicted octanol–water partition coefficient (Wildman–Crippen LogP) is 4.22. The average Bonchev–Trinajstić information content (AvgIpc) is 2.85. The van der Waals surface area contributed by atoms with Crippen LogP contribution in [0.3, 0.4) is 0 Å². The molecule has 4 rings (SSSR count). The van der Waals surface area contributed by atoms with Crippen molar-refractivity contribution in [1.29, 1.82) is 0 Å². The first-order chi connectivity index (χ1) is 14.3. The maximum atomic E-state index is 13.7. The molecule has 0 bridgehead atoms. The van der Waals surface area contributed by atoms with E-state index in [2.05, 4.69) is 15.5 Å². The molecule has 2 aromatic carbocycles. The lowest BCUT2D eigenvalue weighted by Crippen LogP contribution is -2.54. The van der Waals surface area contributed by atoms with Gasteiger partial charge in [-0.1, -0.05) is 36.4 Å². The van der Waals surface area contributed by atoms with Crippen LogP contribution >= 0.6 is 12.2 Å². The van der Waals surface area contributed by atoms with Crippen LogP contribution in [-0.4, -0.2) is 29.7 Å². The number of hydrogen-bond donors (Lipinski definition) is 1. The van der Waals surface area contributed by atoms with Crippen LogP contribution in [0.5, 0.6) is 0 Å². The van der Waals surface area contributed by atoms with E-state index in [0.29, 0.717) is 16.8 Å². The Labute approximate surface area is 175 Å². The van der Waals surface area contributed by atoms with E-state index in [0.717, 1.165) is 4.90 Å². The SMILES string of the molecule is O=C1C[C@@H]2c3ccccc3N(C(=O)C(F)(F)F)[C@]2(c2ccccc2N=C=S)CCN1. The number of alkyl halides is 3. The van der Waals surface area contributed by atoms with Crippen LogP contribution in [0.4, 0.5) is 24.5 Å². The number of fused-ring (bicyclic) bond motifs is 3. The third kappa shape index (κ3) is 3.02. The van der Waals surface area contributed by atoms with Gasteiger partial charge >= 0.3 is 12.1 Å². The summed E-state index contributed by atoms with van der Waals surface area (Å²) < 4.78 is 41.2. The summed E-state index contributed by atoms with van der Waals surface area (Å²) in [5.41, 5.74) is -0.0620. The lowest BCUT2D eigenvalue weighted by Gasteiger charge is -2.42. The van der Waals surface area contributed by atoms with Crippen molar-refractivity contribution in [3.05, 3.63) is 59.7 Å². The summed E-state index contributed by atoms with van der Waals surface area (Å²) >= 11 is 4.72. The number of anilines is 1. The number of isothiocyanates is 1. The fraction of sp³-hybridized carbons (Fsp3) is 0.286. The monoisotopic (exact) mass is 431 g/mol. The molecule has 1 fully saturated rings. The first-order valence-electron chi connectivity index (χ1n) is 9.25. The van der Waals surface area contributed by atoms with Crippen LogP contribution < -0.4 is 10.2 Å². The van der Waals surface area contributed by atoms with E-state index in [1.165, 1.54) is 6.07 Å². The average molecular weight is 431 g/mol. The molecule has 154 valence electrons. The van der Waals surface area contributed by atoms with Crippen molar-refractivity contribution in [3.8, 4) is 0 Å². The largest absolute Gasteiger partial charge is 0.471 e. The van der Waals surface area contributed by atoms with Gasteiger partial charge in [0.25, 0.3) is 0 Å². The smallest absolute Gasteiger partial charge is 0.356 e. The van der Waals surface area contributed by atoms with E-state index >= 15 is 0 Å². The van der Waals surface area contributed by atoms with Crippen LogP contribution in [0.15, 0.2) is 53.5 Å². The second-order valence-corrected chi connectivity index (χ2v) is 7.38. The standard InChI is InChI=1S/C21H16F3N3O2S/c22-21(23,24)19(29)27-17-8-4-1-5-13(17)15-11-18(28)25-10-9-20(15,27)14-6-2-3-7-16(14)26-12-30/h1-8,15H,9-11H2,(H,25,28)/t15-,20+/m1/s1. The number of benzene rings is 2. The zero-order valence-electron chi connectivity index (χ0n) is 15.6. The minimum Gasteiger partial charge on any atom is -0.356 e. The second-order valence-electron chi connectivity index (χ2n) is 7.20. The van der Waals surface area contributed by atoms with Gasteiger partial charge in [0.2, 0.25) is 5.91 Å². The van der Waals surface area contributed by atoms with Gasteiger partial charge in [-0.3, -0.25) is 14.5 Å². The van der Waals surface area contributed by atoms with Gasteiger partial charge in [-0.2, -0.15) is 18.2 Å². The van der Waals surface area contributed by atoms with Crippen molar-refractivity contribution in [2.75, 3.05) is 11.4 Å². The van der Waals surface area contributed by atoms with Gasteiger partial charge in [0.15, 0.2) is 0 Å². The molecular weight excluding hydrogens is 415 g/mol. The van der Waals surface area contributed by atoms with Crippen molar-refractivity contribution < 1.29 is 22.8 Å². The minimum absolute atomic E-state index is 0.0612. The van der Waals surface area contributed by atoms with Gasteiger partial charge in [-0.05, 0) is 36.3 Å². The zero-order valence-corrected chi connectivity index (χ0v) is 16.4. The van der Waals surface area contributed by atoms with Crippen molar-refractivity contribution in [3.63, 3.8) is 0 Å². The van der Waals surface area contributed by atoms with E-state index in [1.807, 2.05) is 0 Å². The molecule has 1 saturated heterocycles. The number of amides is 2. The summed E-state index contributed by atoms with van der Waals surface area (Å²) in [6, 6.07) is 13.0. The van der Waals surface area contributed by atoms with E-state index < -0.39 is 23.5 Å². The number of para-hydroxylation sites is 2. The molecule has 0 aliphatic carbocycles. The highest BCUT2D eigenvalue weighted by molar-refractivity contribution is 7.78. The summed E-state index contributed by atoms with van der Waals surface area (Å²) in [5, 5.41) is 4.98. The third-order valence-electron chi connectivity index (χ3n) is 5.73. The molecule has 5 nitrogen and oxygen atoms in total. The van der Waals surface area contributed by atoms with Crippen molar-refractivity contribution in [2.45, 2.75) is 30.5 Å². The Morgan fingerprint density at radius 1 is 1.20 bits per heavy atom. The Morgan fingerprint density at radius 2 is 1.90 bits per heavy atom. The molecule has 0 saturated carbocycles. The highest BCUT2D eigenvalue weighted by atomic mass is 32.1. The molecule has 2 amide bonds. The van der Waals surface area contributed by atoms with Crippen molar-refractivity contribution in [2.24, 2.45) is 4.99 Å². The molecule has 2 heterocycles. The number of halogens is 3. The molecular formula is C21H16F3N3O2S. The molecule has 30 heavy (non-hydrogen) atoms. The zero-order chi connectivity index (χ0) is 21.5. The quantitative estimate of drug-likeness (QED) is 0.572. The Hall–Kier alpha value is -3.03. The molecule has 0 spiro atoms. The maximum absolute atomic E-state index is 13.7. The molecule has 2 aliphatic rings. The fourth-order valence-electron chi connectivity index (χ4n) is 4.68. The first kappa shape index (κ1) is 20.3. The van der Waals surface area contributed by atoms with Gasteiger partial charge in [0.05, 0.1) is 16.4 Å². The van der Waals surface area contributed by atoms with E-state index in [9.17, 15) is 22.8 Å². The van der Waals surface area contributed by atoms with Crippen molar-refractivity contribution in [1.82, 2.24) is 5.32 Å². The molecule has 0 aromatic heterocycles. The number of carbonyl (C=O) groups is 2. The number of hydrogen-bond acceptors (Lipinski definition) is 4. The van der Waals surface area contributed by atoms with Crippen LogP contribution in [0, 0.1) is 0 Å². The number of nitrogens with zero attached hydrogens (tertiary/aromatic N) is 2. The number of aliphatic imine (C=N–C) groups is 1. The lowest BCUT2D eigenvalue weighted by molar-refractivity contribution is -0.172. The number of thiocarbonyl (C=S) groups is 1. The van der Waals surface area contributed by atoms with E-state index in [4.69, 9.17) is 12.2 Å². The third-order valence-corrected chi connectivity index (χ3v) is 5.82. The molecule has 9 heteroatoms. The van der Waals surface area contributed by atoms with Gasteiger partial charge in [0.1, 0.15) is 0 Å². The second kappa shape index (κ2) is 7.34. The number of carbonyl (C=O) groups excluding carboxylic acids is 2. The molecule has 2 atom stereocenters. The summed E-state index contributed by atoms with van der Waals surface area (Å²) in [4.78, 5) is 30.0. The van der Waals surface area contributed by atoms with Crippen LogP contribution in [0.1, 0.15) is 29.9 Å². The van der Waals surface area contributed by atoms with Crippen LogP contribution in [0.25, 0.3) is 0 Å². The summed E-state index contributed by atoms with van der Waals surface area (Å²) in [5.74, 6) is -2.94. The van der Waals surface area contributed by atoms with Gasteiger partial charge in [-0.15, -0.1) is 0 Å². The van der Waals surface area contributed by atoms with Crippen LogP contribution in [-0.2, 0) is 15.1 Å². The summed E-state index contributed by atoms with van der Waals surface area (Å²) in [6.45, 7) is 0.112. The molecule has 2 aliphatic heterocycles. The first-order valence-corrected chi connectivity index (χ1v) is 9.66. The highest BCUT2D eigenvalue weighted by Crippen LogP contribution is 2.59. The normalized spacial score (nSPS) is 23.0. The number of nitrogens with one attached hydrogen (secondary N) is 1. The molecule has 0 unspecified atom stereocenters. The van der Waals surface area contributed by atoms with Gasteiger partial charge < -0.3 is 5.32 Å². The van der Waals surface area contributed by atoms with Gasteiger partial charge in [-0.25, -0.2) is 0 Å². The minimum atomic E-state index is -5.10. The number of rotatable bonds is 2.